The van der Waals surface area contributed by atoms with Crippen LogP contribution >= 0.6 is 0 Å². The fraction of sp³-hybridized carbons (Fsp3) is 0.381. The van der Waals surface area contributed by atoms with E-state index in [0.717, 1.165) is 30.8 Å². The van der Waals surface area contributed by atoms with Crippen molar-refractivity contribution in [2.75, 3.05) is 0 Å². The molecule has 0 aliphatic rings. The van der Waals surface area contributed by atoms with Crippen molar-refractivity contribution in [3.8, 4) is 0 Å². The topological polar surface area (TPSA) is 66.2 Å². The lowest BCUT2D eigenvalue weighted by Crippen LogP contribution is -2.39. The summed E-state index contributed by atoms with van der Waals surface area (Å²) in [5.74, 6) is 0.710. The van der Waals surface area contributed by atoms with Gasteiger partial charge in [-0.05, 0) is 32.3 Å². The van der Waals surface area contributed by atoms with Gasteiger partial charge in [0.1, 0.15) is 0 Å². The quantitative estimate of drug-likeness (QED) is 0.535. The Kier molecular flexibility index (Phi) is 4.45. The number of benzene rings is 1. The number of aromatic nitrogens is 5. The summed E-state index contributed by atoms with van der Waals surface area (Å²) in [5, 5.41) is 0. The zero-order chi connectivity index (χ0) is 20.0. The second-order valence-electron chi connectivity index (χ2n) is 7.28. The van der Waals surface area contributed by atoms with Crippen molar-refractivity contribution in [1.29, 1.82) is 0 Å². The Morgan fingerprint density at radius 3 is 2.36 bits per heavy atom. The average Bonchev–Trinajstić information content (AvgIpc) is 3.19. The van der Waals surface area contributed by atoms with E-state index in [1.165, 1.54) is 14.7 Å². The lowest BCUT2D eigenvalue weighted by molar-refractivity contribution is 0.592. The van der Waals surface area contributed by atoms with Gasteiger partial charge in [0.15, 0.2) is 11.2 Å². The monoisotopic (exact) mass is 379 g/mol. The smallest absolute Gasteiger partial charge is 0.314 e. The molecular formula is C21H25N5O2. The van der Waals surface area contributed by atoms with Crippen LogP contribution in [0.15, 0.2) is 39.9 Å². The first-order chi connectivity index (χ1) is 13.5. The lowest BCUT2D eigenvalue weighted by atomic mass is 10.1. The van der Waals surface area contributed by atoms with Gasteiger partial charge in [0.05, 0.1) is 0 Å². The molecule has 0 fully saturated rings. The van der Waals surface area contributed by atoms with Crippen LogP contribution in [0.1, 0.15) is 30.3 Å². The second-order valence-corrected chi connectivity index (χ2v) is 7.28. The Balaban J connectivity index is 1.95. The van der Waals surface area contributed by atoms with Crippen molar-refractivity contribution in [2.24, 2.45) is 7.05 Å². The number of hydrogen-bond acceptors (Lipinski definition) is 3. The molecule has 0 radical (unpaired) electrons. The van der Waals surface area contributed by atoms with Gasteiger partial charge in [-0.2, -0.15) is 4.98 Å². The van der Waals surface area contributed by atoms with Crippen LogP contribution in [0.5, 0.6) is 0 Å². The summed E-state index contributed by atoms with van der Waals surface area (Å²) in [6.07, 6.45) is 1.59. The lowest BCUT2D eigenvalue weighted by Gasteiger charge is -2.07. The molecule has 0 atom stereocenters. The third-order valence-electron chi connectivity index (χ3n) is 5.54. The molecule has 0 aliphatic carbocycles. The molecule has 7 heteroatoms. The largest absolute Gasteiger partial charge is 0.332 e. The van der Waals surface area contributed by atoms with E-state index in [4.69, 9.17) is 4.98 Å². The fourth-order valence-corrected chi connectivity index (χ4v) is 3.89. The summed E-state index contributed by atoms with van der Waals surface area (Å²) in [4.78, 5) is 30.4. The van der Waals surface area contributed by atoms with Crippen molar-refractivity contribution in [2.45, 2.75) is 46.7 Å². The van der Waals surface area contributed by atoms with Crippen LogP contribution in [0, 0.1) is 13.8 Å². The van der Waals surface area contributed by atoms with Gasteiger partial charge in [-0.15, -0.1) is 0 Å². The number of imidazole rings is 2. The van der Waals surface area contributed by atoms with Crippen molar-refractivity contribution < 1.29 is 0 Å². The number of fused-ring (bicyclic) bond motifs is 3. The maximum atomic E-state index is 13.1. The van der Waals surface area contributed by atoms with Gasteiger partial charge in [0.2, 0.25) is 5.78 Å². The highest BCUT2D eigenvalue weighted by Gasteiger charge is 2.22. The van der Waals surface area contributed by atoms with Crippen molar-refractivity contribution in [3.05, 3.63) is 68.1 Å². The van der Waals surface area contributed by atoms with Crippen LogP contribution in [0.4, 0.5) is 0 Å². The first-order valence-corrected chi connectivity index (χ1v) is 9.67. The molecule has 4 rings (SSSR count). The Morgan fingerprint density at radius 2 is 1.68 bits per heavy atom. The molecule has 0 bridgehead atoms. The number of hydrogen-bond donors (Lipinski definition) is 0. The minimum absolute atomic E-state index is 0.268. The molecule has 0 N–H and O–H groups in total. The Hall–Kier alpha value is -3.09. The summed E-state index contributed by atoms with van der Waals surface area (Å²) >= 11 is 0. The molecule has 0 spiro atoms. The van der Waals surface area contributed by atoms with Gasteiger partial charge in [0.25, 0.3) is 5.56 Å². The van der Waals surface area contributed by atoms with E-state index in [1.54, 1.807) is 7.05 Å². The molecule has 0 aliphatic heterocycles. The van der Waals surface area contributed by atoms with E-state index in [9.17, 15) is 9.59 Å². The highest BCUT2D eigenvalue weighted by molar-refractivity contribution is 5.76. The summed E-state index contributed by atoms with van der Waals surface area (Å²) in [6.45, 7) is 7.16. The Bertz CT molecular complexity index is 1290. The molecular weight excluding hydrogens is 354 g/mol. The predicted octanol–water partition coefficient (Wildman–Crippen LogP) is 2.42. The van der Waals surface area contributed by atoms with Gasteiger partial charge in [-0.1, -0.05) is 37.3 Å². The first kappa shape index (κ1) is 18.3. The van der Waals surface area contributed by atoms with Crippen LogP contribution in [0.2, 0.25) is 0 Å². The summed E-state index contributed by atoms with van der Waals surface area (Å²) in [5.41, 5.74) is 3.64. The standard InChI is InChI=1S/C21H25N5O2/c1-5-12-25-19(27)17-18(23(4)21(25)28)22-20-24(14(2)15(3)26(17)20)13-11-16-9-7-6-8-10-16/h6-10H,5,11-13H2,1-4H3. The van der Waals surface area contributed by atoms with Gasteiger partial charge in [-0.25, -0.2) is 4.79 Å². The fourth-order valence-electron chi connectivity index (χ4n) is 3.89. The molecule has 0 amide bonds. The molecule has 3 heterocycles. The summed E-state index contributed by atoms with van der Waals surface area (Å²) in [6, 6.07) is 10.3. The zero-order valence-electron chi connectivity index (χ0n) is 16.8. The molecule has 28 heavy (non-hydrogen) atoms. The number of rotatable bonds is 5. The van der Waals surface area contributed by atoms with E-state index in [2.05, 4.69) is 16.7 Å². The molecule has 0 saturated heterocycles. The van der Waals surface area contributed by atoms with E-state index < -0.39 is 0 Å². The van der Waals surface area contributed by atoms with Gasteiger partial charge in [-0.3, -0.25) is 18.3 Å². The second kappa shape index (κ2) is 6.82. The van der Waals surface area contributed by atoms with Gasteiger partial charge in [0, 0.05) is 31.5 Å². The zero-order valence-corrected chi connectivity index (χ0v) is 16.8. The molecule has 7 nitrogen and oxygen atoms in total. The average molecular weight is 379 g/mol. The van der Waals surface area contributed by atoms with Gasteiger partial charge >= 0.3 is 5.69 Å². The SMILES string of the molecule is CCCn1c(=O)c2c(nc3n(CCc4ccccc4)c(C)c(C)n23)n(C)c1=O. The Morgan fingerprint density at radius 1 is 0.964 bits per heavy atom. The van der Waals surface area contributed by atoms with Crippen LogP contribution in [0.3, 0.4) is 0 Å². The number of aryl methyl sites for hydroxylation is 4. The van der Waals surface area contributed by atoms with Crippen LogP contribution in [-0.2, 0) is 26.6 Å². The third-order valence-corrected chi connectivity index (χ3v) is 5.54. The summed E-state index contributed by atoms with van der Waals surface area (Å²) in [7, 11) is 1.68. The van der Waals surface area contributed by atoms with Crippen LogP contribution in [-0.4, -0.2) is 23.1 Å². The highest BCUT2D eigenvalue weighted by Crippen LogP contribution is 2.21. The molecule has 4 aromatic rings. The highest BCUT2D eigenvalue weighted by atomic mass is 16.2. The molecule has 0 unspecified atom stereocenters. The third kappa shape index (κ3) is 2.61. The maximum Gasteiger partial charge on any atom is 0.332 e. The molecule has 0 saturated carbocycles. The first-order valence-electron chi connectivity index (χ1n) is 9.67. The Labute approximate surface area is 162 Å². The molecule has 3 aromatic heterocycles. The van der Waals surface area contributed by atoms with Crippen molar-refractivity contribution in [3.63, 3.8) is 0 Å². The van der Waals surface area contributed by atoms with Crippen LogP contribution in [0.25, 0.3) is 16.9 Å². The van der Waals surface area contributed by atoms with Gasteiger partial charge < -0.3 is 4.57 Å². The maximum absolute atomic E-state index is 13.1. The normalized spacial score (nSPS) is 11.7. The summed E-state index contributed by atoms with van der Waals surface area (Å²) < 4.78 is 6.84. The van der Waals surface area contributed by atoms with E-state index in [1.807, 2.05) is 43.4 Å². The van der Waals surface area contributed by atoms with E-state index in [0.29, 0.717) is 23.5 Å². The van der Waals surface area contributed by atoms with Crippen LogP contribution < -0.4 is 11.2 Å². The van der Waals surface area contributed by atoms with Crippen molar-refractivity contribution >= 4 is 16.9 Å². The minimum atomic E-state index is -0.315. The molecule has 1 aromatic carbocycles. The molecule has 146 valence electrons. The minimum Gasteiger partial charge on any atom is -0.314 e. The van der Waals surface area contributed by atoms with E-state index in [-0.39, 0.29) is 11.2 Å². The number of nitrogens with zero attached hydrogens (tertiary/aromatic N) is 5. The van der Waals surface area contributed by atoms with Crippen molar-refractivity contribution in [1.82, 2.24) is 23.1 Å². The van der Waals surface area contributed by atoms with E-state index >= 15 is 0 Å². The predicted molar refractivity (Wildman–Crippen MR) is 110 cm³/mol.